The van der Waals surface area contributed by atoms with Crippen LogP contribution in [0.4, 0.5) is 4.39 Å². The number of alkyl halides is 1. The molecule has 0 aliphatic heterocycles. The minimum Gasteiger partial charge on any atom is -0.458 e. The van der Waals surface area contributed by atoms with Crippen LogP contribution in [0.5, 0.6) is 0 Å². The van der Waals surface area contributed by atoms with Crippen LogP contribution in [0.1, 0.15) is 73.6 Å². The monoisotopic (exact) mass is 302 g/mol. The summed E-state index contributed by atoms with van der Waals surface area (Å²) in [4.78, 5) is 11.8. The van der Waals surface area contributed by atoms with Crippen LogP contribution in [0.25, 0.3) is 0 Å². The number of esters is 1. The van der Waals surface area contributed by atoms with Crippen molar-refractivity contribution >= 4 is 5.97 Å². The average molecular weight is 302 g/mol. The maximum Gasteiger partial charge on any atom is 0.332 e. The molecule has 3 nitrogen and oxygen atoms in total. The number of carbonyl (C=O) groups is 1. The first-order chi connectivity index (χ1) is 9.51. The van der Waals surface area contributed by atoms with E-state index in [9.17, 15) is 9.18 Å². The lowest BCUT2D eigenvalue weighted by atomic mass is 9.69. The highest BCUT2D eigenvalue weighted by molar-refractivity contribution is 5.71. The van der Waals surface area contributed by atoms with E-state index < -0.39 is 16.9 Å². The second-order valence-electron chi connectivity index (χ2n) is 7.69. The first kappa shape index (κ1) is 18.4. The zero-order valence-corrected chi connectivity index (χ0v) is 14.4. The predicted molar refractivity (Wildman–Crippen MR) is 82.0 cm³/mol. The van der Waals surface area contributed by atoms with Crippen molar-refractivity contribution < 1.29 is 18.7 Å². The minimum atomic E-state index is -1.18. The third-order valence-electron chi connectivity index (χ3n) is 4.24. The molecule has 124 valence electrons. The summed E-state index contributed by atoms with van der Waals surface area (Å²) in [6.45, 7) is 11.2. The van der Waals surface area contributed by atoms with E-state index in [1.54, 1.807) is 0 Å². The van der Waals surface area contributed by atoms with Gasteiger partial charge in [0.15, 0.2) is 0 Å². The summed E-state index contributed by atoms with van der Waals surface area (Å²) in [6, 6.07) is 0. The van der Waals surface area contributed by atoms with Crippen LogP contribution >= 0.6 is 0 Å². The third-order valence-corrected chi connectivity index (χ3v) is 4.24. The lowest BCUT2D eigenvalue weighted by Crippen LogP contribution is -2.47. The van der Waals surface area contributed by atoms with Gasteiger partial charge in [0, 0.05) is 6.42 Å². The summed E-state index contributed by atoms with van der Waals surface area (Å²) in [6.07, 6.45) is 3.20. The molecule has 0 radical (unpaired) electrons. The van der Waals surface area contributed by atoms with E-state index in [0.29, 0.717) is 25.2 Å². The van der Waals surface area contributed by atoms with Crippen molar-refractivity contribution in [2.75, 3.05) is 6.61 Å². The maximum atomic E-state index is 14.8. The molecule has 0 amide bonds. The van der Waals surface area contributed by atoms with Crippen molar-refractivity contribution in [1.82, 2.24) is 0 Å². The smallest absolute Gasteiger partial charge is 0.332 e. The molecule has 21 heavy (non-hydrogen) atoms. The molecule has 0 aromatic carbocycles. The van der Waals surface area contributed by atoms with Gasteiger partial charge in [0.25, 0.3) is 0 Å². The standard InChI is InChI=1S/C17H31FO3/c1-7-13-9-16(6,12-17(18,8-2)10-13)20-11-14(19)21-15(3,4)5/h13H,7-12H2,1-6H3. The zero-order chi connectivity index (χ0) is 16.3. The number of ether oxygens (including phenoxy) is 2. The Morgan fingerprint density at radius 2 is 1.90 bits per heavy atom. The first-order valence-corrected chi connectivity index (χ1v) is 8.05. The molecular formula is C17H31FO3. The number of halogens is 1. The Morgan fingerprint density at radius 1 is 1.29 bits per heavy atom. The van der Waals surface area contributed by atoms with Gasteiger partial charge >= 0.3 is 5.97 Å². The number of carbonyl (C=O) groups excluding carboxylic acids is 1. The molecule has 0 aromatic rings. The molecule has 1 fully saturated rings. The highest BCUT2D eigenvalue weighted by Crippen LogP contribution is 2.45. The number of hydrogen-bond donors (Lipinski definition) is 0. The average Bonchev–Trinajstić information content (AvgIpc) is 2.34. The van der Waals surface area contributed by atoms with E-state index >= 15 is 0 Å². The Kier molecular flexibility index (Phi) is 5.82. The van der Waals surface area contributed by atoms with Gasteiger partial charge in [-0.25, -0.2) is 9.18 Å². The molecule has 1 aliphatic rings. The van der Waals surface area contributed by atoms with Gasteiger partial charge in [-0.3, -0.25) is 0 Å². The molecule has 0 saturated heterocycles. The molecule has 0 N–H and O–H groups in total. The summed E-state index contributed by atoms with van der Waals surface area (Å²) < 4.78 is 25.9. The lowest BCUT2D eigenvalue weighted by Gasteiger charge is -2.45. The minimum absolute atomic E-state index is 0.107. The molecular weight excluding hydrogens is 271 g/mol. The summed E-state index contributed by atoms with van der Waals surface area (Å²) in [7, 11) is 0. The molecule has 0 spiro atoms. The Labute approximate surface area is 128 Å². The predicted octanol–water partition coefficient (Wildman–Crippen LogP) is 4.43. The highest BCUT2D eigenvalue weighted by atomic mass is 19.1. The molecule has 1 rings (SSSR count). The van der Waals surface area contributed by atoms with Crippen molar-refractivity contribution in [3.05, 3.63) is 0 Å². The fraction of sp³-hybridized carbons (Fsp3) is 0.941. The van der Waals surface area contributed by atoms with E-state index in [0.717, 1.165) is 12.8 Å². The van der Waals surface area contributed by atoms with Gasteiger partial charge in [0.2, 0.25) is 0 Å². The molecule has 3 atom stereocenters. The van der Waals surface area contributed by atoms with Crippen molar-refractivity contribution in [3.8, 4) is 0 Å². The first-order valence-electron chi connectivity index (χ1n) is 8.05. The van der Waals surface area contributed by atoms with Crippen molar-refractivity contribution in [2.45, 2.75) is 90.5 Å². The third kappa shape index (κ3) is 5.93. The van der Waals surface area contributed by atoms with Gasteiger partial charge in [-0.2, -0.15) is 0 Å². The summed E-state index contributed by atoms with van der Waals surface area (Å²) in [5.41, 5.74) is -2.28. The second kappa shape index (κ2) is 6.64. The Morgan fingerprint density at radius 3 is 2.38 bits per heavy atom. The number of rotatable bonds is 5. The van der Waals surface area contributed by atoms with Gasteiger partial charge in [-0.05, 0) is 52.9 Å². The summed E-state index contributed by atoms with van der Waals surface area (Å²) in [5, 5.41) is 0. The Hall–Kier alpha value is -0.640. The van der Waals surface area contributed by atoms with Crippen LogP contribution < -0.4 is 0 Å². The van der Waals surface area contributed by atoms with Crippen molar-refractivity contribution in [2.24, 2.45) is 5.92 Å². The van der Waals surface area contributed by atoms with Crippen molar-refractivity contribution in [1.29, 1.82) is 0 Å². The highest BCUT2D eigenvalue weighted by Gasteiger charge is 2.46. The fourth-order valence-electron chi connectivity index (χ4n) is 3.29. The molecule has 0 aromatic heterocycles. The van der Waals surface area contributed by atoms with E-state index in [2.05, 4.69) is 6.92 Å². The molecule has 4 heteroatoms. The summed E-state index contributed by atoms with van der Waals surface area (Å²) in [5.74, 6) is -0.0735. The lowest BCUT2D eigenvalue weighted by molar-refractivity contribution is -0.174. The largest absolute Gasteiger partial charge is 0.458 e. The van der Waals surface area contributed by atoms with E-state index in [1.165, 1.54) is 0 Å². The Bertz CT molecular complexity index is 364. The molecule has 0 bridgehead atoms. The van der Waals surface area contributed by atoms with Crippen LogP contribution in [0.3, 0.4) is 0 Å². The van der Waals surface area contributed by atoms with Gasteiger partial charge in [-0.1, -0.05) is 20.3 Å². The van der Waals surface area contributed by atoms with Gasteiger partial charge in [-0.15, -0.1) is 0 Å². The topological polar surface area (TPSA) is 35.5 Å². The van der Waals surface area contributed by atoms with E-state index in [1.807, 2.05) is 34.6 Å². The van der Waals surface area contributed by atoms with Crippen LogP contribution in [0.15, 0.2) is 0 Å². The quantitative estimate of drug-likeness (QED) is 0.705. The van der Waals surface area contributed by atoms with E-state index in [4.69, 9.17) is 9.47 Å². The SMILES string of the molecule is CCC1CC(F)(CC)CC(C)(OCC(=O)OC(C)(C)C)C1. The van der Waals surface area contributed by atoms with Crippen LogP contribution in [-0.4, -0.2) is 29.4 Å². The molecule has 1 saturated carbocycles. The van der Waals surface area contributed by atoms with Crippen LogP contribution in [0.2, 0.25) is 0 Å². The molecule has 0 heterocycles. The van der Waals surface area contributed by atoms with Gasteiger partial charge in [0.05, 0.1) is 5.60 Å². The van der Waals surface area contributed by atoms with E-state index in [-0.39, 0.29) is 12.6 Å². The number of hydrogen-bond acceptors (Lipinski definition) is 3. The van der Waals surface area contributed by atoms with Crippen molar-refractivity contribution in [3.63, 3.8) is 0 Å². The molecule has 1 aliphatic carbocycles. The van der Waals surface area contributed by atoms with Crippen LogP contribution in [0, 0.1) is 5.92 Å². The molecule has 3 unspecified atom stereocenters. The Balaban J connectivity index is 2.64. The van der Waals surface area contributed by atoms with Gasteiger partial charge in [0.1, 0.15) is 17.9 Å². The maximum absolute atomic E-state index is 14.8. The fourth-order valence-corrected chi connectivity index (χ4v) is 3.29. The normalized spacial score (nSPS) is 33.8. The van der Waals surface area contributed by atoms with Gasteiger partial charge < -0.3 is 9.47 Å². The van der Waals surface area contributed by atoms with Crippen LogP contribution in [-0.2, 0) is 14.3 Å². The zero-order valence-electron chi connectivity index (χ0n) is 14.4. The summed E-state index contributed by atoms with van der Waals surface area (Å²) >= 11 is 0. The second-order valence-corrected chi connectivity index (χ2v) is 7.69.